The SMILES string of the molecule is c1ccc(-c2ccc(-c3nc(-c4ccccc4)cc(-c4cc(-n5c6ccccc6c6cc7c8ccccc8n(-c8ccccc8)c7cc65)cc5ccccc45)n3)cc2)cc1.c1ccc(-c2ccc(-c3nc(-c4ccccc4)nc(-c4cc(-n5c6ccccc6c6cc7c8ccccc8n(-c8ccccc8)c7cc65)cc5ccccc45)n3)cc2)cc1. The first-order chi connectivity index (χ1) is 59.5. The number of hydrogen-bond acceptors (Lipinski definition) is 5. The Balaban J connectivity index is 0.000000140. The van der Waals surface area contributed by atoms with Crippen LogP contribution in [0.1, 0.15) is 0 Å². The summed E-state index contributed by atoms with van der Waals surface area (Å²) < 4.78 is 9.64. The number of rotatable bonds is 12. The highest BCUT2D eigenvalue weighted by Gasteiger charge is 2.25. The maximum absolute atomic E-state index is 5.39. The number of nitrogens with zero attached hydrogens (tertiary/aromatic N) is 9. The van der Waals surface area contributed by atoms with E-state index in [0.29, 0.717) is 23.3 Å². The van der Waals surface area contributed by atoms with Crippen LogP contribution in [0.15, 0.2) is 431 Å². The molecule has 6 aromatic heterocycles. The Morgan fingerprint density at radius 1 is 0.142 bits per heavy atom. The molecule has 0 fully saturated rings. The smallest absolute Gasteiger partial charge is 0.164 e. The van der Waals surface area contributed by atoms with E-state index in [1.54, 1.807) is 0 Å². The van der Waals surface area contributed by atoms with E-state index in [9.17, 15) is 0 Å². The zero-order valence-electron chi connectivity index (χ0n) is 65.0. The lowest BCUT2D eigenvalue weighted by atomic mass is 9.99. The quantitative estimate of drug-likeness (QED) is 0.122. The van der Waals surface area contributed by atoms with Crippen molar-refractivity contribution in [2.75, 3.05) is 0 Å². The molecule has 18 aromatic carbocycles. The second-order valence-corrected chi connectivity index (χ2v) is 30.7. The molecule has 24 rings (SSSR count). The lowest BCUT2D eigenvalue weighted by Gasteiger charge is -2.15. The van der Waals surface area contributed by atoms with E-state index in [1.807, 2.05) is 36.4 Å². The third-order valence-corrected chi connectivity index (χ3v) is 23.7. The molecule has 9 heteroatoms. The van der Waals surface area contributed by atoms with Gasteiger partial charge in [-0.2, -0.15) is 0 Å². The van der Waals surface area contributed by atoms with Crippen LogP contribution in [-0.4, -0.2) is 43.2 Å². The first kappa shape index (κ1) is 69.3. The minimum atomic E-state index is 0.622. The van der Waals surface area contributed by atoms with E-state index < -0.39 is 0 Å². The molecule has 9 nitrogen and oxygen atoms in total. The highest BCUT2D eigenvalue weighted by Crippen LogP contribution is 2.45. The number of fused-ring (bicyclic) bond motifs is 14. The van der Waals surface area contributed by atoms with E-state index in [-0.39, 0.29) is 0 Å². The van der Waals surface area contributed by atoms with Gasteiger partial charge in [0.2, 0.25) is 0 Å². The van der Waals surface area contributed by atoms with Gasteiger partial charge in [0.1, 0.15) is 0 Å². The molecule has 0 aliphatic heterocycles. The van der Waals surface area contributed by atoms with Crippen LogP contribution in [0.5, 0.6) is 0 Å². The molecule has 0 unspecified atom stereocenters. The van der Waals surface area contributed by atoms with Crippen LogP contribution in [0.2, 0.25) is 0 Å². The minimum absolute atomic E-state index is 0.622. The molecule has 0 aliphatic carbocycles. The Bertz CT molecular complexity index is 7620. The van der Waals surface area contributed by atoms with Crippen molar-refractivity contribution in [1.82, 2.24) is 43.2 Å². The van der Waals surface area contributed by atoms with E-state index in [0.717, 1.165) is 128 Å². The van der Waals surface area contributed by atoms with Gasteiger partial charge in [0.05, 0.1) is 55.5 Å². The van der Waals surface area contributed by atoms with Crippen LogP contribution >= 0.6 is 0 Å². The lowest BCUT2D eigenvalue weighted by molar-refractivity contribution is 1.07. The van der Waals surface area contributed by atoms with E-state index >= 15 is 0 Å². The minimum Gasteiger partial charge on any atom is -0.309 e. The number of benzene rings is 18. The van der Waals surface area contributed by atoms with Gasteiger partial charge < -0.3 is 18.3 Å². The van der Waals surface area contributed by atoms with Gasteiger partial charge in [0.25, 0.3) is 0 Å². The van der Waals surface area contributed by atoms with Gasteiger partial charge in [-0.05, 0) is 147 Å². The zero-order valence-corrected chi connectivity index (χ0v) is 65.0. The van der Waals surface area contributed by atoms with Crippen molar-refractivity contribution in [3.05, 3.63) is 431 Å². The summed E-state index contributed by atoms with van der Waals surface area (Å²) in [6.07, 6.45) is 0. The monoisotopic (exact) mass is 1530 g/mol. The second kappa shape index (κ2) is 28.9. The maximum atomic E-state index is 5.39. The standard InChI is InChI=1S/C56H36N4.C55H35N5/c1-4-16-37(17-5-1)38-28-30-40(31-29-38)56-57-50(39-18-6-2-7-19-39)35-51(58-56)47-33-43(32-41-20-10-11-23-44(41)47)60-53-27-15-13-25-46(53)49-34-48-45-24-12-14-26-52(45)59(54(48)36-55(49)60)42-21-8-3-9-22-42;1-4-16-36(17-5-1)37-28-30-39(31-29-37)54-56-53(38-18-6-2-7-19-38)57-55(58-54)48-33-42(32-40-20-10-11-23-43(40)48)60-50-27-15-13-25-45(50)47-34-46-44-24-12-14-26-49(44)59(51(46)35-52(47)60)41-21-8-3-9-22-41/h1-36H;1-35H. The number of hydrogen-bond donors (Lipinski definition) is 0. The second-order valence-electron chi connectivity index (χ2n) is 30.7. The van der Waals surface area contributed by atoms with Gasteiger partial charge in [-0.1, -0.05) is 328 Å². The molecule has 24 aromatic rings. The maximum Gasteiger partial charge on any atom is 0.164 e. The van der Waals surface area contributed by atoms with Crippen LogP contribution < -0.4 is 0 Å². The highest BCUT2D eigenvalue weighted by atomic mass is 15.1. The fourth-order valence-electron chi connectivity index (χ4n) is 18.1. The lowest BCUT2D eigenvalue weighted by Crippen LogP contribution is -2.02. The van der Waals surface area contributed by atoms with Crippen LogP contribution in [-0.2, 0) is 0 Å². The Labute approximate surface area is 691 Å². The van der Waals surface area contributed by atoms with Crippen molar-refractivity contribution < 1.29 is 0 Å². The number of aromatic nitrogens is 9. The fraction of sp³-hybridized carbons (Fsp3) is 0. The van der Waals surface area contributed by atoms with Crippen molar-refractivity contribution >= 4 is 109 Å². The summed E-state index contributed by atoms with van der Waals surface area (Å²) in [5.41, 5.74) is 25.9. The molecule has 0 saturated heterocycles. The Morgan fingerprint density at radius 3 is 0.825 bits per heavy atom. The van der Waals surface area contributed by atoms with Gasteiger partial charge >= 0.3 is 0 Å². The third-order valence-electron chi connectivity index (χ3n) is 23.7. The van der Waals surface area contributed by atoms with E-state index in [2.05, 4.69) is 413 Å². The summed E-state index contributed by atoms with van der Waals surface area (Å²) >= 11 is 0. The predicted molar refractivity (Wildman–Crippen MR) is 498 cm³/mol. The molecule has 120 heavy (non-hydrogen) atoms. The molecule has 0 amide bonds. The molecule has 6 heterocycles. The summed E-state index contributed by atoms with van der Waals surface area (Å²) in [6, 6.07) is 153. The van der Waals surface area contributed by atoms with Crippen molar-refractivity contribution in [2.45, 2.75) is 0 Å². The normalized spacial score (nSPS) is 11.7. The molecule has 0 saturated carbocycles. The average Bonchev–Trinajstić information content (AvgIpc) is 1.56. The highest BCUT2D eigenvalue weighted by molar-refractivity contribution is 6.21. The average molecular weight is 1530 g/mol. The van der Waals surface area contributed by atoms with Crippen molar-refractivity contribution in [1.29, 1.82) is 0 Å². The molecular weight excluding hydrogens is 1460 g/mol. The Morgan fingerprint density at radius 2 is 0.417 bits per heavy atom. The molecule has 560 valence electrons. The molecular formula is C111H71N9. The van der Waals surface area contributed by atoms with Crippen molar-refractivity contribution in [3.8, 4) is 113 Å². The van der Waals surface area contributed by atoms with Crippen molar-refractivity contribution in [2.24, 2.45) is 0 Å². The van der Waals surface area contributed by atoms with Crippen LogP contribution in [0, 0.1) is 0 Å². The summed E-state index contributed by atoms with van der Waals surface area (Å²) in [5, 5.41) is 14.2. The van der Waals surface area contributed by atoms with Gasteiger partial charge in [-0.3, -0.25) is 0 Å². The van der Waals surface area contributed by atoms with Gasteiger partial charge in [0, 0.05) is 99.2 Å². The summed E-state index contributed by atoms with van der Waals surface area (Å²) in [4.78, 5) is 26.2. The van der Waals surface area contributed by atoms with E-state index in [4.69, 9.17) is 24.9 Å². The Hall–Kier alpha value is -16.2. The van der Waals surface area contributed by atoms with E-state index in [1.165, 1.54) is 70.8 Å². The van der Waals surface area contributed by atoms with Gasteiger partial charge in [-0.15, -0.1) is 0 Å². The topological polar surface area (TPSA) is 84.2 Å². The number of para-hydroxylation sites is 6. The van der Waals surface area contributed by atoms with Gasteiger partial charge in [-0.25, -0.2) is 24.9 Å². The summed E-state index contributed by atoms with van der Waals surface area (Å²) in [5.74, 6) is 2.57. The molecule has 0 radical (unpaired) electrons. The summed E-state index contributed by atoms with van der Waals surface area (Å²) in [6.45, 7) is 0. The first-order valence-corrected chi connectivity index (χ1v) is 40.7. The molecule has 0 aliphatic rings. The van der Waals surface area contributed by atoms with Crippen LogP contribution in [0.25, 0.3) is 222 Å². The predicted octanol–water partition coefficient (Wildman–Crippen LogP) is 28.4. The molecule has 0 atom stereocenters. The fourth-order valence-corrected chi connectivity index (χ4v) is 18.1. The van der Waals surface area contributed by atoms with Crippen molar-refractivity contribution in [3.63, 3.8) is 0 Å². The van der Waals surface area contributed by atoms with Crippen LogP contribution in [0.3, 0.4) is 0 Å². The first-order valence-electron chi connectivity index (χ1n) is 40.7. The largest absolute Gasteiger partial charge is 0.309 e. The molecule has 0 bridgehead atoms. The van der Waals surface area contributed by atoms with Gasteiger partial charge in [0.15, 0.2) is 23.3 Å². The summed E-state index contributed by atoms with van der Waals surface area (Å²) in [7, 11) is 0. The molecule has 0 N–H and O–H groups in total. The third kappa shape index (κ3) is 12.0. The van der Waals surface area contributed by atoms with Crippen LogP contribution in [0.4, 0.5) is 0 Å². The Kier molecular flexibility index (Phi) is 16.7. The zero-order chi connectivity index (χ0) is 79.1. The molecule has 0 spiro atoms.